The maximum atomic E-state index is 8.86. The van der Waals surface area contributed by atoms with Gasteiger partial charge in [-0.3, -0.25) is 0 Å². The lowest BCUT2D eigenvalue weighted by Gasteiger charge is -2.01. The number of rotatable bonds is 6. The van der Waals surface area contributed by atoms with E-state index in [1.165, 1.54) is 16.4 Å². The van der Waals surface area contributed by atoms with Crippen molar-refractivity contribution in [2.75, 3.05) is 17.3 Å². The molecule has 0 unspecified atom stereocenters. The lowest BCUT2D eigenvalue weighted by molar-refractivity contribution is 0.282. The Morgan fingerprint density at radius 2 is 1.86 bits per heavy atom. The zero-order valence-corrected chi connectivity index (χ0v) is 10.0. The lowest BCUT2D eigenvalue weighted by atomic mass is 10.2. The Morgan fingerprint density at radius 3 is 2.43 bits per heavy atom. The predicted octanol–water partition coefficient (Wildman–Crippen LogP) is 3.02. The molecule has 1 aromatic carbocycles. The molecule has 0 fully saturated rings. The predicted molar refractivity (Wildman–Crippen MR) is 66.1 cm³/mol. The Hall–Kier alpha value is -0.120. The molecular weight excluding hydrogens is 212 g/mol. The monoisotopic (exact) mass is 228 g/mol. The molecule has 0 saturated heterocycles. The number of thioether (sulfide) groups is 2. The highest BCUT2D eigenvalue weighted by Crippen LogP contribution is 2.19. The zero-order valence-electron chi connectivity index (χ0n) is 8.40. The summed E-state index contributed by atoms with van der Waals surface area (Å²) in [5.74, 6) is 3.57. The van der Waals surface area contributed by atoms with Gasteiger partial charge in [-0.05, 0) is 23.4 Å². The van der Waals surface area contributed by atoms with Crippen LogP contribution in [-0.4, -0.2) is 22.4 Å². The quantitative estimate of drug-likeness (QED) is 0.597. The van der Waals surface area contributed by atoms with Crippen LogP contribution in [0.2, 0.25) is 0 Å². The largest absolute Gasteiger partial charge is 0.392 e. The first-order valence-corrected chi connectivity index (χ1v) is 6.91. The van der Waals surface area contributed by atoms with Gasteiger partial charge < -0.3 is 5.11 Å². The molecule has 0 atom stereocenters. The van der Waals surface area contributed by atoms with Crippen molar-refractivity contribution in [3.63, 3.8) is 0 Å². The number of aliphatic hydroxyl groups excluding tert-OH is 1. The summed E-state index contributed by atoms with van der Waals surface area (Å²) in [5.41, 5.74) is 0.984. The summed E-state index contributed by atoms with van der Waals surface area (Å²) in [4.78, 5) is 1.29. The molecule has 0 spiro atoms. The smallest absolute Gasteiger partial charge is 0.0681 e. The molecule has 0 bridgehead atoms. The van der Waals surface area contributed by atoms with Crippen LogP contribution in [0.15, 0.2) is 29.2 Å². The Labute approximate surface area is 94.3 Å². The number of hydrogen-bond donors (Lipinski definition) is 1. The molecule has 1 N–H and O–H groups in total. The fraction of sp³-hybridized carbons (Fsp3) is 0.455. The van der Waals surface area contributed by atoms with Crippen molar-refractivity contribution in [3.05, 3.63) is 29.8 Å². The summed E-state index contributed by atoms with van der Waals surface area (Å²) in [7, 11) is 0. The minimum absolute atomic E-state index is 0.136. The Kier molecular flexibility index (Phi) is 6.15. The van der Waals surface area contributed by atoms with E-state index in [0.29, 0.717) is 0 Å². The van der Waals surface area contributed by atoms with Crippen LogP contribution in [0.25, 0.3) is 0 Å². The topological polar surface area (TPSA) is 20.2 Å². The van der Waals surface area contributed by atoms with Crippen molar-refractivity contribution in [2.45, 2.75) is 18.4 Å². The molecule has 1 aromatic rings. The fourth-order valence-corrected chi connectivity index (χ4v) is 2.71. The maximum absolute atomic E-state index is 8.86. The van der Waals surface area contributed by atoms with E-state index >= 15 is 0 Å². The molecule has 3 heteroatoms. The van der Waals surface area contributed by atoms with Gasteiger partial charge in [0.15, 0.2) is 0 Å². The third kappa shape index (κ3) is 4.40. The van der Waals surface area contributed by atoms with Crippen molar-refractivity contribution in [1.29, 1.82) is 0 Å². The maximum Gasteiger partial charge on any atom is 0.0681 e. The summed E-state index contributed by atoms with van der Waals surface area (Å²) in [6.45, 7) is 2.32. The van der Waals surface area contributed by atoms with Gasteiger partial charge in [0.05, 0.1) is 6.61 Å². The molecule has 0 radical (unpaired) electrons. The highest BCUT2D eigenvalue weighted by atomic mass is 32.2. The van der Waals surface area contributed by atoms with Crippen molar-refractivity contribution in [1.82, 2.24) is 0 Å². The summed E-state index contributed by atoms with van der Waals surface area (Å²) in [6.07, 6.45) is 0. The van der Waals surface area contributed by atoms with E-state index < -0.39 is 0 Å². The third-order valence-electron chi connectivity index (χ3n) is 1.81. The normalized spacial score (nSPS) is 10.4. The first-order valence-electron chi connectivity index (χ1n) is 4.77. The van der Waals surface area contributed by atoms with Crippen molar-refractivity contribution >= 4 is 23.5 Å². The van der Waals surface area contributed by atoms with E-state index in [0.717, 1.165) is 11.3 Å². The van der Waals surface area contributed by atoms with E-state index in [4.69, 9.17) is 5.11 Å². The first kappa shape index (κ1) is 12.0. The molecule has 0 aromatic heterocycles. The van der Waals surface area contributed by atoms with Crippen LogP contribution >= 0.6 is 23.5 Å². The Morgan fingerprint density at radius 1 is 1.14 bits per heavy atom. The molecular formula is C11H16OS2. The minimum atomic E-state index is 0.136. The Bertz CT molecular complexity index is 246. The van der Waals surface area contributed by atoms with Gasteiger partial charge in [-0.2, -0.15) is 11.8 Å². The SMILES string of the molecule is CCSCCSc1ccc(CO)cc1. The van der Waals surface area contributed by atoms with Gasteiger partial charge in [0.1, 0.15) is 0 Å². The van der Waals surface area contributed by atoms with Crippen molar-refractivity contribution in [2.24, 2.45) is 0 Å². The summed E-state index contributed by atoms with van der Waals surface area (Å²) >= 11 is 3.85. The van der Waals surface area contributed by atoms with Gasteiger partial charge in [0, 0.05) is 16.4 Å². The zero-order chi connectivity index (χ0) is 10.2. The van der Waals surface area contributed by atoms with Gasteiger partial charge in [0.25, 0.3) is 0 Å². The average Bonchev–Trinajstić information content (AvgIpc) is 2.25. The number of benzene rings is 1. The van der Waals surface area contributed by atoms with Gasteiger partial charge in [0.2, 0.25) is 0 Å². The van der Waals surface area contributed by atoms with Crippen LogP contribution in [0.4, 0.5) is 0 Å². The van der Waals surface area contributed by atoms with Gasteiger partial charge in [-0.15, -0.1) is 11.8 Å². The van der Waals surface area contributed by atoms with E-state index in [1.807, 2.05) is 35.7 Å². The molecule has 78 valence electrons. The third-order valence-corrected chi connectivity index (χ3v) is 3.98. The summed E-state index contributed by atoms with van der Waals surface area (Å²) in [5, 5.41) is 8.86. The number of hydrogen-bond acceptors (Lipinski definition) is 3. The molecule has 14 heavy (non-hydrogen) atoms. The molecule has 0 aliphatic heterocycles. The first-order chi connectivity index (χ1) is 6.86. The van der Waals surface area contributed by atoms with Crippen LogP contribution in [0.5, 0.6) is 0 Å². The number of aliphatic hydroxyl groups is 1. The summed E-state index contributed by atoms with van der Waals surface area (Å²) in [6, 6.07) is 8.12. The molecule has 0 heterocycles. The summed E-state index contributed by atoms with van der Waals surface area (Å²) < 4.78 is 0. The van der Waals surface area contributed by atoms with Crippen molar-refractivity contribution < 1.29 is 5.11 Å². The second kappa shape index (κ2) is 7.21. The van der Waals surface area contributed by atoms with Crippen molar-refractivity contribution in [3.8, 4) is 0 Å². The van der Waals surface area contributed by atoms with Crippen LogP contribution in [-0.2, 0) is 6.61 Å². The van der Waals surface area contributed by atoms with Gasteiger partial charge >= 0.3 is 0 Å². The minimum Gasteiger partial charge on any atom is -0.392 e. The molecule has 1 rings (SSSR count). The second-order valence-corrected chi connectivity index (χ2v) is 5.41. The van der Waals surface area contributed by atoms with E-state index in [-0.39, 0.29) is 6.61 Å². The lowest BCUT2D eigenvalue weighted by Crippen LogP contribution is -1.85. The molecule has 0 amide bonds. The fourth-order valence-electron chi connectivity index (χ4n) is 1.05. The molecule has 0 aliphatic rings. The van der Waals surface area contributed by atoms with Gasteiger partial charge in [-0.25, -0.2) is 0 Å². The Balaban J connectivity index is 2.29. The molecule has 0 aliphatic carbocycles. The van der Waals surface area contributed by atoms with Crippen LogP contribution in [0.1, 0.15) is 12.5 Å². The van der Waals surface area contributed by atoms with Crippen LogP contribution < -0.4 is 0 Å². The highest BCUT2D eigenvalue weighted by molar-refractivity contribution is 8.02. The molecule has 0 saturated carbocycles. The molecule has 1 nitrogen and oxygen atoms in total. The van der Waals surface area contributed by atoms with Crippen LogP contribution in [0, 0.1) is 0 Å². The van der Waals surface area contributed by atoms with E-state index in [1.54, 1.807) is 0 Å². The highest BCUT2D eigenvalue weighted by Gasteiger charge is 1.94. The van der Waals surface area contributed by atoms with E-state index in [9.17, 15) is 0 Å². The van der Waals surface area contributed by atoms with E-state index in [2.05, 4.69) is 19.1 Å². The van der Waals surface area contributed by atoms with Gasteiger partial charge in [-0.1, -0.05) is 19.1 Å². The second-order valence-electron chi connectivity index (χ2n) is 2.85. The standard InChI is InChI=1S/C11H16OS2/c1-2-13-7-8-14-11-5-3-10(9-12)4-6-11/h3-6,12H,2,7-9H2,1H3. The average molecular weight is 228 g/mol. The van der Waals surface area contributed by atoms with Crippen LogP contribution in [0.3, 0.4) is 0 Å².